The van der Waals surface area contributed by atoms with Crippen molar-refractivity contribution in [3.05, 3.63) is 77.2 Å². The number of carbonyl (C=O) groups excluding carboxylic acids is 1. The van der Waals surface area contributed by atoms with E-state index >= 15 is 0 Å². The zero-order valence-corrected chi connectivity index (χ0v) is 19.7. The molecule has 0 saturated carbocycles. The quantitative estimate of drug-likeness (QED) is 0.464. The molecule has 7 heteroatoms. The molecule has 0 fully saturated rings. The third kappa shape index (κ3) is 6.17. The van der Waals surface area contributed by atoms with E-state index in [0.29, 0.717) is 23.8 Å². The van der Waals surface area contributed by atoms with Crippen molar-refractivity contribution in [3.63, 3.8) is 0 Å². The van der Waals surface area contributed by atoms with Gasteiger partial charge in [0, 0.05) is 37.0 Å². The van der Waals surface area contributed by atoms with Crippen molar-refractivity contribution in [1.29, 1.82) is 0 Å². The Labute approximate surface area is 194 Å². The molecular weight excluding hydrogens is 416 g/mol. The number of nitrogens with one attached hydrogen (secondary N) is 2. The Morgan fingerprint density at radius 2 is 1.85 bits per heavy atom. The normalized spacial score (nSPS) is 12.2. The van der Waals surface area contributed by atoms with Gasteiger partial charge in [0.1, 0.15) is 11.9 Å². The third-order valence-electron chi connectivity index (χ3n) is 5.30. The van der Waals surface area contributed by atoms with Crippen molar-refractivity contribution in [2.45, 2.75) is 26.4 Å². The summed E-state index contributed by atoms with van der Waals surface area (Å²) in [5.41, 5.74) is 4.92. The minimum atomic E-state index is -0.214. The number of rotatable bonds is 9. The fourth-order valence-electron chi connectivity index (χ4n) is 3.39. The summed E-state index contributed by atoms with van der Waals surface area (Å²) in [5, 5.41) is 6.00. The molecule has 1 atom stereocenters. The second kappa shape index (κ2) is 11.2. The van der Waals surface area contributed by atoms with E-state index in [1.165, 1.54) is 0 Å². The second-order valence-corrected chi connectivity index (χ2v) is 7.58. The van der Waals surface area contributed by atoms with Gasteiger partial charge in [-0.25, -0.2) is 9.97 Å². The van der Waals surface area contributed by atoms with Crippen molar-refractivity contribution in [3.8, 4) is 11.3 Å². The van der Waals surface area contributed by atoms with Gasteiger partial charge in [0.15, 0.2) is 0 Å². The topological polar surface area (TPSA) is 85.4 Å². The average Bonchev–Trinajstić information content (AvgIpc) is 2.83. The molecule has 2 aromatic carbocycles. The molecule has 0 radical (unpaired) electrons. The van der Waals surface area contributed by atoms with E-state index in [0.717, 1.165) is 28.1 Å². The van der Waals surface area contributed by atoms with Gasteiger partial charge < -0.3 is 20.1 Å². The van der Waals surface area contributed by atoms with Gasteiger partial charge in [-0.05, 0) is 31.5 Å². The van der Waals surface area contributed by atoms with Gasteiger partial charge in [0.2, 0.25) is 11.9 Å². The van der Waals surface area contributed by atoms with Crippen molar-refractivity contribution in [2.24, 2.45) is 0 Å². The van der Waals surface area contributed by atoms with Crippen LogP contribution in [-0.4, -0.2) is 43.2 Å². The number of carbonyl (C=O) groups is 1. The Bertz CT molecular complexity index is 1130. The summed E-state index contributed by atoms with van der Waals surface area (Å²) in [6, 6.07) is 17.3. The summed E-state index contributed by atoms with van der Waals surface area (Å²) < 4.78 is 10.9. The highest BCUT2D eigenvalue weighted by Crippen LogP contribution is 2.28. The first-order valence-corrected chi connectivity index (χ1v) is 10.7. The number of benzene rings is 2. The molecule has 0 bridgehead atoms. The zero-order valence-electron chi connectivity index (χ0n) is 19.7. The summed E-state index contributed by atoms with van der Waals surface area (Å²) in [6.07, 6.45) is 1.96. The van der Waals surface area contributed by atoms with Crippen LogP contribution in [0.1, 0.15) is 23.7 Å². The maximum atomic E-state index is 12.5. The second-order valence-electron chi connectivity index (χ2n) is 7.58. The Morgan fingerprint density at radius 1 is 1.09 bits per heavy atom. The third-order valence-corrected chi connectivity index (χ3v) is 5.30. The molecule has 0 aliphatic rings. The molecule has 1 aromatic heterocycles. The molecule has 1 amide bonds. The van der Waals surface area contributed by atoms with Crippen LogP contribution in [-0.2, 0) is 20.7 Å². The van der Waals surface area contributed by atoms with Gasteiger partial charge in [-0.2, -0.15) is 0 Å². The number of hydrogen-bond donors (Lipinski definition) is 2. The summed E-state index contributed by atoms with van der Waals surface area (Å²) in [5.74, 6) is 1.07. The number of ether oxygens (including phenoxy) is 2. The summed E-state index contributed by atoms with van der Waals surface area (Å²) in [7, 11) is 5.02. The fraction of sp³-hybridized carbons (Fsp3) is 0.269. The highest BCUT2D eigenvalue weighted by atomic mass is 16.5. The molecule has 2 N–H and O–H groups in total. The summed E-state index contributed by atoms with van der Waals surface area (Å²) in [6.45, 7) is 3.87. The molecule has 1 heterocycles. The first-order chi connectivity index (χ1) is 15.9. The van der Waals surface area contributed by atoms with Gasteiger partial charge in [0.25, 0.3) is 0 Å². The molecule has 0 aliphatic carbocycles. The van der Waals surface area contributed by atoms with Crippen molar-refractivity contribution < 1.29 is 14.3 Å². The van der Waals surface area contributed by atoms with Crippen LogP contribution in [0.2, 0.25) is 0 Å². The SMILES string of the molecule is CNc1nc(/C=C(/OC)C(C)OC)c(C)c(-c2cccc(NC(=O)Cc3ccccc3)c2)n1. The maximum absolute atomic E-state index is 12.5. The predicted molar refractivity (Wildman–Crippen MR) is 132 cm³/mol. The predicted octanol–water partition coefficient (Wildman–Crippen LogP) is 4.70. The number of amides is 1. The first-order valence-electron chi connectivity index (χ1n) is 10.7. The molecule has 172 valence electrons. The van der Waals surface area contributed by atoms with Crippen LogP contribution in [0.5, 0.6) is 0 Å². The minimum Gasteiger partial charge on any atom is -0.498 e. The number of hydrogen-bond acceptors (Lipinski definition) is 6. The van der Waals surface area contributed by atoms with Gasteiger partial charge in [-0.3, -0.25) is 4.79 Å². The van der Waals surface area contributed by atoms with Crippen LogP contribution in [0.15, 0.2) is 60.4 Å². The van der Waals surface area contributed by atoms with Crippen LogP contribution in [0, 0.1) is 6.92 Å². The summed E-state index contributed by atoms with van der Waals surface area (Å²) in [4.78, 5) is 21.8. The molecule has 0 saturated heterocycles. The average molecular weight is 447 g/mol. The number of methoxy groups -OCH3 is 2. The molecule has 0 aliphatic heterocycles. The smallest absolute Gasteiger partial charge is 0.228 e. The molecule has 3 aromatic rings. The largest absolute Gasteiger partial charge is 0.498 e. The van der Waals surface area contributed by atoms with Crippen LogP contribution < -0.4 is 10.6 Å². The van der Waals surface area contributed by atoms with Crippen LogP contribution in [0.4, 0.5) is 11.6 Å². The summed E-state index contributed by atoms with van der Waals surface area (Å²) >= 11 is 0. The van der Waals surface area contributed by atoms with E-state index in [1.807, 2.05) is 74.5 Å². The number of aromatic nitrogens is 2. The van der Waals surface area contributed by atoms with Crippen molar-refractivity contribution >= 4 is 23.6 Å². The lowest BCUT2D eigenvalue weighted by Gasteiger charge is -2.15. The maximum Gasteiger partial charge on any atom is 0.228 e. The lowest BCUT2D eigenvalue weighted by Crippen LogP contribution is -2.14. The number of nitrogens with zero attached hydrogens (tertiary/aromatic N) is 2. The molecule has 1 unspecified atom stereocenters. The van der Waals surface area contributed by atoms with Crippen LogP contribution in [0.25, 0.3) is 17.3 Å². The van der Waals surface area contributed by atoms with Crippen LogP contribution in [0.3, 0.4) is 0 Å². The van der Waals surface area contributed by atoms with E-state index in [1.54, 1.807) is 21.3 Å². The van der Waals surface area contributed by atoms with Gasteiger partial charge in [0.05, 0.1) is 24.9 Å². The Kier molecular flexibility index (Phi) is 8.16. The number of anilines is 2. The molecular formula is C26H30N4O3. The Hall–Kier alpha value is -3.71. The molecule has 33 heavy (non-hydrogen) atoms. The monoisotopic (exact) mass is 446 g/mol. The van der Waals surface area contributed by atoms with Gasteiger partial charge in [-0.1, -0.05) is 42.5 Å². The highest BCUT2D eigenvalue weighted by molar-refractivity contribution is 5.93. The van der Waals surface area contributed by atoms with E-state index in [-0.39, 0.29) is 12.0 Å². The minimum absolute atomic E-state index is 0.0735. The van der Waals surface area contributed by atoms with E-state index < -0.39 is 0 Å². The van der Waals surface area contributed by atoms with E-state index in [4.69, 9.17) is 9.47 Å². The lowest BCUT2D eigenvalue weighted by atomic mass is 10.0. The van der Waals surface area contributed by atoms with Gasteiger partial charge in [-0.15, -0.1) is 0 Å². The van der Waals surface area contributed by atoms with Crippen molar-refractivity contribution in [2.75, 3.05) is 31.9 Å². The van der Waals surface area contributed by atoms with E-state index in [9.17, 15) is 4.79 Å². The molecule has 7 nitrogen and oxygen atoms in total. The van der Waals surface area contributed by atoms with Crippen molar-refractivity contribution in [1.82, 2.24) is 9.97 Å². The fourth-order valence-corrected chi connectivity index (χ4v) is 3.39. The van der Waals surface area contributed by atoms with Gasteiger partial charge >= 0.3 is 0 Å². The Morgan fingerprint density at radius 3 is 2.52 bits per heavy atom. The first kappa shape index (κ1) is 23.9. The van der Waals surface area contributed by atoms with Crippen LogP contribution >= 0.6 is 0 Å². The Balaban J connectivity index is 1.93. The molecule has 3 rings (SSSR count). The zero-order chi connectivity index (χ0) is 23.8. The lowest BCUT2D eigenvalue weighted by molar-refractivity contribution is -0.115. The molecule has 0 spiro atoms. The van der Waals surface area contributed by atoms with E-state index in [2.05, 4.69) is 20.6 Å². The highest BCUT2D eigenvalue weighted by Gasteiger charge is 2.15. The standard InChI is InChI=1S/C26H30N4O3/c1-17-22(16-23(33-5)18(2)32-4)29-26(27-3)30-25(17)20-12-9-13-21(15-20)28-24(31)14-19-10-7-6-8-11-19/h6-13,15-16,18H,14H2,1-5H3,(H,28,31)(H,27,29,30)/b23-16+.